The van der Waals surface area contributed by atoms with Gasteiger partial charge in [0.25, 0.3) is 0 Å². The van der Waals surface area contributed by atoms with Crippen molar-refractivity contribution in [1.29, 1.82) is 0 Å². The first-order chi connectivity index (χ1) is 11.3. The molecule has 1 aromatic carbocycles. The molecule has 2 rings (SSSR count). The average molecular weight is 399 g/mol. The van der Waals surface area contributed by atoms with Crippen molar-refractivity contribution in [3.63, 3.8) is 0 Å². The van der Waals surface area contributed by atoms with E-state index in [1.807, 2.05) is 39.0 Å². The molecular weight excluding hydrogens is 372 g/mol. The molecule has 0 aromatic heterocycles. The van der Waals surface area contributed by atoms with Crippen LogP contribution in [-0.2, 0) is 16.1 Å². The Labute approximate surface area is 152 Å². The zero-order chi connectivity index (χ0) is 17.7. The van der Waals surface area contributed by atoms with Gasteiger partial charge in [0.15, 0.2) is 0 Å². The molecule has 1 aliphatic heterocycles. The molecule has 1 saturated heterocycles. The molecule has 0 bridgehead atoms. The van der Waals surface area contributed by atoms with Crippen LogP contribution in [0.3, 0.4) is 0 Å². The Morgan fingerprint density at radius 1 is 1.42 bits per heavy atom. The summed E-state index contributed by atoms with van der Waals surface area (Å²) in [5.74, 6) is 0. The van der Waals surface area contributed by atoms with E-state index in [9.17, 15) is 4.79 Å². The molecule has 1 atom stereocenters. The SMILES string of the molecule is COCc1c(Br)cccc1NC1CCCN(C(=O)OC(C)(C)C)C1. The molecule has 1 aliphatic rings. The van der Waals surface area contributed by atoms with Crippen molar-refractivity contribution < 1.29 is 14.3 Å². The molecular formula is C18H27BrN2O3. The van der Waals surface area contributed by atoms with Gasteiger partial charge in [-0.3, -0.25) is 0 Å². The van der Waals surface area contributed by atoms with Crippen LogP contribution in [0.4, 0.5) is 10.5 Å². The van der Waals surface area contributed by atoms with Gasteiger partial charge >= 0.3 is 6.09 Å². The second-order valence-corrected chi connectivity index (χ2v) is 7.96. The van der Waals surface area contributed by atoms with Gasteiger partial charge < -0.3 is 19.7 Å². The van der Waals surface area contributed by atoms with Gasteiger partial charge in [-0.1, -0.05) is 22.0 Å². The van der Waals surface area contributed by atoms with Gasteiger partial charge in [0.05, 0.1) is 6.61 Å². The Kier molecular flexibility index (Phi) is 6.52. The van der Waals surface area contributed by atoms with Gasteiger partial charge in [-0.2, -0.15) is 0 Å². The molecule has 24 heavy (non-hydrogen) atoms. The lowest BCUT2D eigenvalue weighted by Crippen LogP contribution is -2.47. The number of halogens is 1. The van der Waals surface area contributed by atoms with Crippen molar-refractivity contribution in [3.05, 3.63) is 28.2 Å². The summed E-state index contributed by atoms with van der Waals surface area (Å²) in [6, 6.07) is 6.26. The average Bonchev–Trinajstić information content (AvgIpc) is 2.49. The molecule has 6 heteroatoms. The molecule has 0 aliphatic carbocycles. The van der Waals surface area contributed by atoms with E-state index in [1.54, 1.807) is 12.0 Å². The van der Waals surface area contributed by atoms with Gasteiger partial charge in [-0.25, -0.2) is 4.79 Å². The van der Waals surface area contributed by atoms with E-state index in [0.717, 1.165) is 35.1 Å². The molecule has 1 heterocycles. The van der Waals surface area contributed by atoms with Crippen molar-refractivity contribution in [2.45, 2.75) is 51.9 Å². The molecule has 1 N–H and O–H groups in total. The number of nitrogens with zero attached hydrogens (tertiary/aromatic N) is 1. The van der Waals surface area contributed by atoms with E-state index in [4.69, 9.17) is 9.47 Å². The van der Waals surface area contributed by atoms with E-state index in [0.29, 0.717) is 13.2 Å². The summed E-state index contributed by atoms with van der Waals surface area (Å²) in [7, 11) is 1.69. The van der Waals surface area contributed by atoms with E-state index in [2.05, 4.69) is 21.2 Å². The predicted octanol–water partition coefficient (Wildman–Crippen LogP) is 4.41. The fourth-order valence-corrected chi connectivity index (χ4v) is 3.27. The lowest BCUT2D eigenvalue weighted by molar-refractivity contribution is 0.0206. The highest BCUT2D eigenvalue weighted by atomic mass is 79.9. The fraction of sp³-hybridized carbons (Fsp3) is 0.611. The number of carbonyl (C=O) groups is 1. The lowest BCUT2D eigenvalue weighted by Gasteiger charge is -2.35. The maximum atomic E-state index is 12.3. The molecule has 0 spiro atoms. The minimum atomic E-state index is -0.465. The number of hydrogen-bond donors (Lipinski definition) is 1. The summed E-state index contributed by atoms with van der Waals surface area (Å²) < 4.78 is 11.8. The second kappa shape index (κ2) is 8.21. The number of hydrogen-bond acceptors (Lipinski definition) is 4. The topological polar surface area (TPSA) is 50.8 Å². The summed E-state index contributed by atoms with van der Waals surface area (Å²) in [6.45, 7) is 7.60. The maximum Gasteiger partial charge on any atom is 0.410 e. The number of benzene rings is 1. The van der Waals surface area contributed by atoms with Crippen molar-refractivity contribution >= 4 is 27.7 Å². The van der Waals surface area contributed by atoms with Gasteiger partial charge in [-0.05, 0) is 45.7 Å². The highest BCUT2D eigenvalue weighted by Crippen LogP contribution is 2.27. The molecule has 134 valence electrons. The summed E-state index contributed by atoms with van der Waals surface area (Å²) in [5.41, 5.74) is 1.67. The maximum absolute atomic E-state index is 12.3. The highest BCUT2D eigenvalue weighted by molar-refractivity contribution is 9.10. The molecule has 5 nitrogen and oxygen atoms in total. The number of ether oxygens (including phenoxy) is 2. The van der Waals surface area contributed by atoms with Crippen LogP contribution in [0.5, 0.6) is 0 Å². The first-order valence-electron chi connectivity index (χ1n) is 8.31. The normalized spacial score (nSPS) is 18.4. The Morgan fingerprint density at radius 3 is 2.83 bits per heavy atom. The van der Waals surface area contributed by atoms with E-state index in [-0.39, 0.29) is 12.1 Å². The number of methoxy groups -OCH3 is 1. The van der Waals surface area contributed by atoms with E-state index < -0.39 is 5.60 Å². The summed E-state index contributed by atoms with van der Waals surface area (Å²) >= 11 is 3.58. The monoisotopic (exact) mass is 398 g/mol. The minimum Gasteiger partial charge on any atom is -0.444 e. The number of rotatable bonds is 4. The molecule has 0 radical (unpaired) electrons. The third kappa shape index (κ3) is 5.38. The van der Waals surface area contributed by atoms with Crippen LogP contribution in [0.1, 0.15) is 39.2 Å². The minimum absolute atomic E-state index is 0.205. The molecule has 1 aromatic rings. The molecule has 0 saturated carbocycles. The van der Waals surface area contributed by atoms with Gasteiger partial charge in [0.2, 0.25) is 0 Å². The Balaban J connectivity index is 2.03. The van der Waals surface area contributed by atoms with Gasteiger partial charge in [-0.15, -0.1) is 0 Å². The second-order valence-electron chi connectivity index (χ2n) is 7.11. The summed E-state index contributed by atoms with van der Waals surface area (Å²) in [5, 5.41) is 3.56. The molecule has 1 amide bonds. The fourth-order valence-electron chi connectivity index (χ4n) is 2.79. The van der Waals surface area contributed by atoms with Crippen LogP contribution in [0.15, 0.2) is 22.7 Å². The van der Waals surface area contributed by atoms with Crippen LogP contribution in [0.2, 0.25) is 0 Å². The molecule has 1 unspecified atom stereocenters. The van der Waals surface area contributed by atoms with Crippen molar-refractivity contribution in [1.82, 2.24) is 4.90 Å². The summed E-state index contributed by atoms with van der Waals surface area (Å²) in [4.78, 5) is 14.1. The standard InChI is InChI=1S/C18H27BrN2O3/c1-18(2,3)24-17(22)21-10-6-7-13(11-21)20-16-9-5-8-15(19)14(16)12-23-4/h5,8-9,13,20H,6-7,10-12H2,1-4H3. The first kappa shape index (κ1) is 19.1. The van der Waals surface area contributed by atoms with Crippen LogP contribution < -0.4 is 5.32 Å². The molecule has 1 fully saturated rings. The van der Waals surface area contributed by atoms with E-state index in [1.165, 1.54) is 0 Å². The third-order valence-electron chi connectivity index (χ3n) is 3.84. The lowest BCUT2D eigenvalue weighted by atomic mass is 10.0. The van der Waals surface area contributed by atoms with Crippen molar-refractivity contribution in [3.8, 4) is 0 Å². The van der Waals surface area contributed by atoms with E-state index >= 15 is 0 Å². The van der Waals surface area contributed by atoms with Crippen LogP contribution in [0.25, 0.3) is 0 Å². The van der Waals surface area contributed by atoms with Crippen LogP contribution >= 0.6 is 15.9 Å². The number of likely N-dealkylation sites (tertiary alicyclic amines) is 1. The highest BCUT2D eigenvalue weighted by Gasteiger charge is 2.27. The Morgan fingerprint density at radius 2 is 2.17 bits per heavy atom. The van der Waals surface area contributed by atoms with Crippen LogP contribution in [-0.4, -0.2) is 42.8 Å². The van der Waals surface area contributed by atoms with Gasteiger partial charge in [0, 0.05) is 42.0 Å². The zero-order valence-electron chi connectivity index (χ0n) is 14.9. The van der Waals surface area contributed by atoms with Gasteiger partial charge in [0.1, 0.15) is 5.60 Å². The Bertz CT molecular complexity index is 572. The smallest absolute Gasteiger partial charge is 0.410 e. The number of anilines is 1. The third-order valence-corrected chi connectivity index (χ3v) is 4.58. The quantitative estimate of drug-likeness (QED) is 0.815. The van der Waals surface area contributed by atoms with Crippen molar-refractivity contribution in [2.24, 2.45) is 0 Å². The first-order valence-corrected chi connectivity index (χ1v) is 9.10. The zero-order valence-corrected chi connectivity index (χ0v) is 16.5. The summed E-state index contributed by atoms with van der Waals surface area (Å²) in [6.07, 6.45) is 1.75. The largest absolute Gasteiger partial charge is 0.444 e. The number of amides is 1. The number of carbonyl (C=O) groups excluding carboxylic acids is 1. The number of nitrogens with one attached hydrogen (secondary N) is 1. The van der Waals surface area contributed by atoms with Crippen molar-refractivity contribution in [2.75, 3.05) is 25.5 Å². The van der Waals surface area contributed by atoms with Crippen LogP contribution in [0, 0.1) is 0 Å². The number of piperidine rings is 1. The predicted molar refractivity (Wildman–Crippen MR) is 99.3 cm³/mol. The Hall–Kier alpha value is -1.27.